The Labute approximate surface area is 205 Å². The normalized spacial score (nSPS) is 11.3. The molecule has 2 N–H and O–H groups in total. The van der Waals surface area contributed by atoms with E-state index in [0.717, 1.165) is 5.56 Å². The number of furan rings is 1. The molecule has 11 nitrogen and oxygen atoms in total. The smallest absolute Gasteiger partial charge is 0.372 e. The first-order valence-electron chi connectivity index (χ1n) is 11.0. The van der Waals surface area contributed by atoms with E-state index in [1.807, 2.05) is 19.9 Å². The molecule has 3 heterocycles. The van der Waals surface area contributed by atoms with Gasteiger partial charge in [-0.3, -0.25) is 19.2 Å². The van der Waals surface area contributed by atoms with Crippen LogP contribution < -0.4 is 5.32 Å². The zero-order valence-electron chi connectivity index (χ0n) is 19.8. The average molecular weight is 492 g/mol. The molecule has 36 heavy (non-hydrogen) atoms. The highest BCUT2D eigenvalue weighted by molar-refractivity contribution is 6.03. The van der Waals surface area contributed by atoms with Crippen LogP contribution in [0.25, 0.3) is 0 Å². The van der Waals surface area contributed by atoms with Crippen molar-refractivity contribution in [3.8, 4) is 0 Å². The molecule has 0 aliphatic rings. The number of aromatic nitrogens is 3. The van der Waals surface area contributed by atoms with Crippen molar-refractivity contribution in [1.29, 1.82) is 0 Å². The van der Waals surface area contributed by atoms with Gasteiger partial charge in [0.2, 0.25) is 0 Å². The quantitative estimate of drug-likeness (QED) is 0.200. The molecular formula is C25H24N4O7. The molecule has 0 atom stereocenters. The van der Waals surface area contributed by atoms with E-state index in [1.54, 1.807) is 41.2 Å². The van der Waals surface area contributed by atoms with Crippen LogP contribution in [0.3, 0.4) is 0 Å². The number of oxazole rings is 1. The number of nitrogens with one attached hydrogen (secondary N) is 1. The maximum absolute atomic E-state index is 12.9. The second-order valence-corrected chi connectivity index (χ2v) is 8.82. The van der Waals surface area contributed by atoms with Crippen molar-refractivity contribution in [3.63, 3.8) is 0 Å². The Balaban J connectivity index is 1.44. The summed E-state index contributed by atoms with van der Waals surface area (Å²) in [5.74, 6) is -0.0269. The maximum atomic E-state index is 12.9. The van der Waals surface area contributed by atoms with Gasteiger partial charge in [-0.2, -0.15) is 10.4 Å². The summed E-state index contributed by atoms with van der Waals surface area (Å²) in [5.41, 5.74) is 0.531. The Kier molecular flexibility index (Phi) is 6.84. The predicted octanol–water partition coefficient (Wildman–Crippen LogP) is 4.12. The first-order valence-corrected chi connectivity index (χ1v) is 11.0. The zero-order valence-corrected chi connectivity index (χ0v) is 19.8. The lowest BCUT2D eigenvalue weighted by Gasteiger charge is -2.24. The monoisotopic (exact) mass is 492 g/mol. The SMILES string of the molecule is CC(=O)c1ccc(Cn2ccc(NC(=O)c3ncoc3CC(C)(C)c3cccc(C(=O)OO)c3)n2)o1. The van der Waals surface area contributed by atoms with Gasteiger partial charge in [0, 0.05) is 25.6 Å². The molecule has 0 saturated heterocycles. The van der Waals surface area contributed by atoms with Crippen LogP contribution in [0.2, 0.25) is 0 Å². The van der Waals surface area contributed by atoms with Crippen molar-refractivity contribution in [1.82, 2.24) is 14.8 Å². The Hall–Kier alpha value is -4.51. The van der Waals surface area contributed by atoms with Gasteiger partial charge in [-0.15, -0.1) is 0 Å². The van der Waals surface area contributed by atoms with E-state index in [2.05, 4.69) is 20.3 Å². The molecule has 0 unspecified atom stereocenters. The summed E-state index contributed by atoms with van der Waals surface area (Å²) in [7, 11) is 0. The molecule has 1 amide bonds. The molecule has 1 aromatic carbocycles. The maximum Gasteiger partial charge on any atom is 0.372 e. The van der Waals surface area contributed by atoms with Crippen molar-refractivity contribution in [3.05, 3.63) is 89.2 Å². The predicted molar refractivity (Wildman–Crippen MR) is 126 cm³/mol. The van der Waals surface area contributed by atoms with E-state index in [4.69, 9.17) is 14.1 Å². The number of anilines is 1. The summed E-state index contributed by atoms with van der Waals surface area (Å²) >= 11 is 0. The summed E-state index contributed by atoms with van der Waals surface area (Å²) in [6.45, 7) is 5.56. The topological polar surface area (TPSA) is 150 Å². The Morgan fingerprint density at radius 3 is 2.69 bits per heavy atom. The first-order chi connectivity index (χ1) is 17.2. The second-order valence-electron chi connectivity index (χ2n) is 8.82. The third kappa shape index (κ3) is 5.41. The van der Waals surface area contributed by atoms with Gasteiger partial charge in [0.15, 0.2) is 29.4 Å². The second kappa shape index (κ2) is 10.0. The summed E-state index contributed by atoms with van der Waals surface area (Å²) < 4.78 is 12.5. The van der Waals surface area contributed by atoms with Crippen LogP contribution in [0.4, 0.5) is 5.82 Å². The van der Waals surface area contributed by atoms with E-state index in [1.165, 1.54) is 19.4 Å². The minimum Gasteiger partial charge on any atom is -0.456 e. The highest BCUT2D eigenvalue weighted by Gasteiger charge is 2.28. The van der Waals surface area contributed by atoms with Crippen LogP contribution in [0.5, 0.6) is 0 Å². The van der Waals surface area contributed by atoms with Gasteiger partial charge in [-0.1, -0.05) is 26.0 Å². The van der Waals surface area contributed by atoms with Crippen molar-refractivity contribution >= 4 is 23.5 Å². The van der Waals surface area contributed by atoms with Crippen LogP contribution in [0, 0.1) is 0 Å². The molecule has 0 aliphatic carbocycles. The Bertz CT molecular complexity index is 1410. The molecule has 0 fully saturated rings. The lowest BCUT2D eigenvalue weighted by atomic mass is 9.80. The number of Topliss-reactive ketones (excluding diaryl/α,β-unsaturated/α-hetero) is 1. The van der Waals surface area contributed by atoms with E-state index in [9.17, 15) is 14.4 Å². The number of benzene rings is 1. The number of nitrogens with zero attached hydrogens (tertiary/aromatic N) is 3. The largest absolute Gasteiger partial charge is 0.456 e. The van der Waals surface area contributed by atoms with Gasteiger partial charge in [0.05, 0.1) is 12.1 Å². The molecular weight excluding hydrogens is 468 g/mol. The number of hydrogen-bond acceptors (Lipinski definition) is 9. The van der Waals surface area contributed by atoms with E-state index < -0.39 is 17.3 Å². The summed E-state index contributed by atoms with van der Waals surface area (Å²) in [4.78, 5) is 43.9. The van der Waals surface area contributed by atoms with Gasteiger partial charge in [0.25, 0.3) is 5.91 Å². The standard InChI is InChI=1S/C25H24N4O7/c1-15(30)19-8-7-18(35-19)13-29-10-9-21(28-29)27-23(31)22-20(34-14-26-22)12-25(2,3)17-6-4-5-16(11-17)24(32)36-33/h4-11,14,33H,12-13H2,1-3H3,(H,27,28,31). The fourth-order valence-corrected chi connectivity index (χ4v) is 3.71. The molecule has 0 spiro atoms. The number of ketones is 1. The van der Waals surface area contributed by atoms with Gasteiger partial charge >= 0.3 is 5.97 Å². The Morgan fingerprint density at radius 1 is 1.17 bits per heavy atom. The minimum absolute atomic E-state index is 0.112. The highest BCUT2D eigenvalue weighted by Crippen LogP contribution is 2.30. The lowest BCUT2D eigenvalue weighted by Crippen LogP contribution is -2.23. The highest BCUT2D eigenvalue weighted by atomic mass is 17.1. The molecule has 0 saturated carbocycles. The van der Waals surface area contributed by atoms with E-state index >= 15 is 0 Å². The van der Waals surface area contributed by atoms with Crippen LogP contribution in [-0.4, -0.2) is 37.7 Å². The Morgan fingerprint density at radius 2 is 1.97 bits per heavy atom. The van der Waals surface area contributed by atoms with E-state index in [-0.39, 0.29) is 29.3 Å². The van der Waals surface area contributed by atoms with Crippen LogP contribution in [0.15, 0.2) is 63.9 Å². The average Bonchev–Trinajstić information content (AvgIpc) is 3.60. The van der Waals surface area contributed by atoms with Crippen molar-refractivity contribution in [2.45, 2.75) is 39.2 Å². The van der Waals surface area contributed by atoms with E-state index in [0.29, 0.717) is 23.8 Å². The third-order valence-electron chi connectivity index (χ3n) is 5.63. The molecule has 186 valence electrons. The van der Waals surface area contributed by atoms with Crippen LogP contribution in [-0.2, 0) is 23.3 Å². The van der Waals surface area contributed by atoms with Gasteiger partial charge in [-0.05, 0) is 35.2 Å². The molecule has 0 bridgehead atoms. The number of rotatable bonds is 9. The fraction of sp³-hybridized carbons (Fsp3) is 0.240. The number of amides is 1. The summed E-state index contributed by atoms with van der Waals surface area (Å²) in [5, 5.41) is 15.7. The summed E-state index contributed by atoms with van der Waals surface area (Å²) in [6, 6.07) is 11.6. The molecule has 0 radical (unpaired) electrons. The first kappa shape index (κ1) is 24.6. The molecule has 3 aromatic heterocycles. The number of carbonyl (C=O) groups is 3. The van der Waals surface area contributed by atoms with Crippen molar-refractivity contribution in [2.75, 3.05) is 5.32 Å². The molecule has 11 heteroatoms. The fourth-order valence-electron chi connectivity index (χ4n) is 3.71. The van der Waals surface area contributed by atoms with Gasteiger partial charge in [0.1, 0.15) is 11.5 Å². The van der Waals surface area contributed by atoms with Crippen LogP contribution in [0.1, 0.15) is 69.3 Å². The zero-order chi connectivity index (χ0) is 25.9. The van der Waals surface area contributed by atoms with Crippen molar-refractivity contribution in [2.24, 2.45) is 0 Å². The molecule has 4 aromatic rings. The van der Waals surface area contributed by atoms with Crippen LogP contribution >= 0.6 is 0 Å². The molecule has 0 aliphatic heterocycles. The number of hydrogen-bond donors (Lipinski definition) is 2. The summed E-state index contributed by atoms with van der Waals surface area (Å²) in [6.07, 6.45) is 3.17. The van der Waals surface area contributed by atoms with Gasteiger partial charge < -0.3 is 14.2 Å². The lowest BCUT2D eigenvalue weighted by molar-refractivity contribution is -0.182. The third-order valence-corrected chi connectivity index (χ3v) is 5.63. The molecule has 4 rings (SSSR count). The van der Waals surface area contributed by atoms with Gasteiger partial charge in [-0.25, -0.2) is 9.78 Å². The van der Waals surface area contributed by atoms with Crippen molar-refractivity contribution < 1.29 is 33.4 Å². The number of carbonyl (C=O) groups excluding carboxylic acids is 3. The minimum atomic E-state index is -0.863.